The highest BCUT2D eigenvalue weighted by atomic mass is 16.7. The first-order valence-corrected chi connectivity index (χ1v) is 21.8. The highest BCUT2D eigenvalue weighted by Gasteiger charge is 2.85. The van der Waals surface area contributed by atoms with Gasteiger partial charge in [0.25, 0.3) is 0 Å². The van der Waals surface area contributed by atoms with E-state index in [-0.39, 0.29) is 52.1 Å². The monoisotopic (exact) mass is 826 g/mol. The third kappa shape index (κ3) is 6.17. The molecule has 3 aliphatic heterocycles. The van der Waals surface area contributed by atoms with Gasteiger partial charge in [0, 0.05) is 12.8 Å². The largest absolute Gasteiger partial charge is 0.454 e. The van der Waals surface area contributed by atoms with E-state index in [0.29, 0.717) is 25.7 Å². The highest BCUT2D eigenvalue weighted by Crippen LogP contribution is 2.89. The van der Waals surface area contributed by atoms with E-state index in [9.17, 15) is 45.6 Å². The summed E-state index contributed by atoms with van der Waals surface area (Å²) in [6, 6.07) is 0. The first kappa shape index (κ1) is 43.6. The molecule has 2 spiro atoms. The Hall–Kier alpha value is -1.05. The minimum atomic E-state index is -1.62. The van der Waals surface area contributed by atoms with Crippen LogP contribution in [0.5, 0.6) is 0 Å². The van der Waals surface area contributed by atoms with Crippen LogP contribution < -0.4 is 0 Å². The fourth-order valence-corrected chi connectivity index (χ4v) is 15.2. The van der Waals surface area contributed by atoms with Crippen LogP contribution in [0, 0.1) is 44.8 Å². The maximum absolute atomic E-state index is 12.2. The van der Waals surface area contributed by atoms with Crippen LogP contribution in [0.15, 0.2) is 0 Å². The van der Waals surface area contributed by atoms with Crippen molar-refractivity contribution in [2.75, 3.05) is 13.2 Å². The number of carbonyl (C=O) groups excluding carboxylic acids is 1. The van der Waals surface area contributed by atoms with Gasteiger partial charge in [0.15, 0.2) is 18.7 Å². The molecule has 3 saturated heterocycles. The molecule has 8 N–H and O–H groups in total. The molecule has 10 unspecified atom stereocenters. The van der Waals surface area contributed by atoms with Gasteiger partial charge >= 0.3 is 5.97 Å². The Morgan fingerprint density at radius 2 is 1.50 bits per heavy atom. The van der Waals surface area contributed by atoms with Crippen molar-refractivity contribution in [3.05, 3.63) is 0 Å². The smallest absolute Gasteiger partial charge is 0.303 e. The average molecular weight is 827 g/mol. The number of fused-ring (bicyclic) bond motifs is 2. The minimum absolute atomic E-state index is 0.0829. The van der Waals surface area contributed by atoms with Crippen molar-refractivity contribution in [2.45, 2.75) is 204 Å². The Morgan fingerprint density at radius 3 is 2.14 bits per heavy atom. The molecule has 58 heavy (non-hydrogen) atoms. The molecule has 8 rings (SSSR count). The van der Waals surface area contributed by atoms with Gasteiger partial charge in [-0.3, -0.25) is 4.79 Å². The molecule has 0 amide bonds. The van der Waals surface area contributed by atoms with E-state index in [1.54, 1.807) is 13.8 Å². The van der Waals surface area contributed by atoms with Gasteiger partial charge < -0.3 is 69.3 Å². The van der Waals surface area contributed by atoms with Crippen LogP contribution in [-0.4, -0.2) is 151 Å². The highest BCUT2D eigenvalue weighted by molar-refractivity contribution is 5.66. The number of hydrogen-bond donors (Lipinski definition) is 8. The first-order chi connectivity index (χ1) is 26.9. The summed E-state index contributed by atoms with van der Waals surface area (Å²) in [6.07, 6.45) is -7.66. The third-order valence-electron chi connectivity index (χ3n) is 17.9. The molecular formula is C43H70O15. The summed E-state index contributed by atoms with van der Waals surface area (Å²) in [5, 5.41) is 87.3. The maximum Gasteiger partial charge on any atom is 0.303 e. The Balaban J connectivity index is 1.15. The van der Waals surface area contributed by atoms with Crippen molar-refractivity contribution in [1.29, 1.82) is 0 Å². The molecule has 15 nitrogen and oxygen atoms in total. The predicted molar refractivity (Wildman–Crippen MR) is 203 cm³/mol. The summed E-state index contributed by atoms with van der Waals surface area (Å²) < 4.78 is 37.8. The van der Waals surface area contributed by atoms with Gasteiger partial charge in [0.05, 0.1) is 48.8 Å². The van der Waals surface area contributed by atoms with Crippen molar-refractivity contribution in [3.63, 3.8) is 0 Å². The second kappa shape index (κ2) is 14.2. The Labute approximate surface area is 341 Å². The van der Waals surface area contributed by atoms with Gasteiger partial charge in [-0.2, -0.15) is 0 Å². The minimum Gasteiger partial charge on any atom is -0.454 e. The third-order valence-corrected chi connectivity index (χ3v) is 17.9. The van der Waals surface area contributed by atoms with Crippen molar-refractivity contribution in [2.24, 2.45) is 44.8 Å². The van der Waals surface area contributed by atoms with E-state index in [1.807, 2.05) is 0 Å². The molecule has 15 heteroatoms. The number of esters is 1. The lowest BCUT2D eigenvalue weighted by atomic mass is 9.41. The van der Waals surface area contributed by atoms with Crippen LogP contribution in [-0.2, 0) is 33.2 Å². The molecule has 5 aliphatic carbocycles. The fraction of sp³-hybridized carbons (Fsp3) is 0.977. The van der Waals surface area contributed by atoms with Gasteiger partial charge in [-0.1, -0.05) is 27.7 Å². The molecule has 0 radical (unpaired) electrons. The molecule has 0 aromatic carbocycles. The summed E-state index contributed by atoms with van der Waals surface area (Å²) >= 11 is 0. The molecule has 0 aromatic heterocycles. The topological polar surface area (TPSA) is 234 Å². The van der Waals surface area contributed by atoms with Crippen LogP contribution in [0.2, 0.25) is 0 Å². The zero-order valence-corrected chi connectivity index (χ0v) is 35.5. The van der Waals surface area contributed by atoms with Crippen LogP contribution in [0.4, 0.5) is 0 Å². The number of hydrogen-bond acceptors (Lipinski definition) is 15. The Morgan fingerprint density at radius 1 is 0.793 bits per heavy atom. The lowest BCUT2D eigenvalue weighted by Gasteiger charge is -2.65. The summed E-state index contributed by atoms with van der Waals surface area (Å²) in [4.78, 5) is 12.1. The summed E-state index contributed by atoms with van der Waals surface area (Å²) in [6.45, 7) is 15.0. The molecule has 0 aromatic rings. The number of aliphatic hydroxyl groups is 8. The van der Waals surface area contributed by atoms with Crippen molar-refractivity contribution >= 4 is 5.97 Å². The van der Waals surface area contributed by atoms with Gasteiger partial charge in [0.1, 0.15) is 36.6 Å². The zero-order valence-electron chi connectivity index (χ0n) is 35.5. The summed E-state index contributed by atoms with van der Waals surface area (Å²) in [7, 11) is 0. The normalized spacial score (nSPS) is 56.1. The SMILES string of the molecule is CC(=O)OC1C(O[C@H]2CC[C@]34C[C@]35CC[C@]3(C)[C@@H]([C@@]6(C)CC[C@@H](C(C)(C)O)O6)[C@@H](O)C[C@@]3(C)[C@@H]5C[C@H](OC3OC(CO)C(O)C(O)C3O)C4C2(C)C)OCC(O)C1O. The second-order valence-electron chi connectivity index (χ2n) is 21.6. The maximum atomic E-state index is 12.2. The van der Waals surface area contributed by atoms with Gasteiger partial charge in [-0.25, -0.2) is 0 Å². The van der Waals surface area contributed by atoms with Crippen LogP contribution in [0.3, 0.4) is 0 Å². The number of rotatable bonds is 8. The summed E-state index contributed by atoms with van der Waals surface area (Å²) in [5.74, 6) is -0.931. The second-order valence-corrected chi connectivity index (χ2v) is 21.6. The van der Waals surface area contributed by atoms with E-state index < -0.39 is 103 Å². The van der Waals surface area contributed by atoms with Crippen molar-refractivity contribution in [3.8, 4) is 0 Å². The standard InChI is InChI=1S/C43H70O15/c1-20(45)54-32-28(48)22(47)18-53-36(32)57-26-10-12-43-19-42(43)14-13-39(6)33(41(8)11-9-27(58-41)38(4,5)52)21(46)16-40(39,7)25(42)15-23(34(43)37(26,2)3)55-35-31(51)30(50)29(49)24(17-44)56-35/h21-36,44,46-52H,9-19H2,1-8H3/t21-,22?,23-,24?,25-,26-,27-,28?,29?,30?,31?,32?,33-,34?,35?,36?,39+,40-,41+,42-,43+/m0/s1. The van der Waals surface area contributed by atoms with Crippen LogP contribution >= 0.6 is 0 Å². The van der Waals surface area contributed by atoms with Gasteiger partial charge in [0.2, 0.25) is 0 Å². The number of aliphatic hydroxyl groups excluding tert-OH is 7. The van der Waals surface area contributed by atoms with E-state index in [4.69, 9.17) is 28.4 Å². The fourth-order valence-electron chi connectivity index (χ4n) is 15.2. The van der Waals surface area contributed by atoms with Gasteiger partial charge in [-0.05, 0) is 117 Å². The summed E-state index contributed by atoms with van der Waals surface area (Å²) in [5.41, 5.74) is -3.32. The first-order valence-electron chi connectivity index (χ1n) is 21.8. The molecule has 8 aliphatic rings. The van der Waals surface area contributed by atoms with Crippen molar-refractivity contribution in [1.82, 2.24) is 0 Å². The van der Waals surface area contributed by atoms with Crippen LogP contribution in [0.1, 0.15) is 113 Å². The quantitative estimate of drug-likeness (QED) is 0.127. The van der Waals surface area contributed by atoms with E-state index in [0.717, 1.165) is 32.1 Å². The lowest BCUT2D eigenvalue weighted by molar-refractivity contribution is -0.339. The molecule has 21 atom stereocenters. The number of ether oxygens (including phenoxy) is 6. The zero-order chi connectivity index (χ0) is 42.3. The van der Waals surface area contributed by atoms with Crippen molar-refractivity contribution < 1.29 is 74.1 Å². The predicted octanol–water partition coefficient (Wildman–Crippen LogP) is 1.29. The van der Waals surface area contributed by atoms with E-state index >= 15 is 0 Å². The van der Waals surface area contributed by atoms with Crippen LogP contribution in [0.25, 0.3) is 0 Å². The lowest BCUT2D eigenvalue weighted by Crippen LogP contribution is -2.65. The molecular weight excluding hydrogens is 756 g/mol. The molecule has 332 valence electrons. The molecule has 0 bridgehead atoms. The van der Waals surface area contributed by atoms with E-state index in [1.165, 1.54) is 6.92 Å². The Kier molecular flexibility index (Phi) is 10.7. The number of carbonyl (C=O) groups is 1. The average Bonchev–Trinajstić information content (AvgIpc) is 3.50. The Bertz CT molecular complexity index is 1570. The molecule has 3 heterocycles. The van der Waals surface area contributed by atoms with E-state index in [2.05, 4.69) is 34.6 Å². The molecule has 8 fully saturated rings. The molecule has 5 saturated carbocycles. The van der Waals surface area contributed by atoms with Gasteiger partial charge in [-0.15, -0.1) is 0 Å².